The van der Waals surface area contributed by atoms with Crippen LogP contribution in [0.2, 0.25) is 0 Å². The molecule has 2 N–H and O–H groups in total. The second kappa shape index (κ2) is 5.16. The van der Waals surface area contributed by atoms with E-state index in [1.54, 1.807) is 0 Å². The van der Waals surface area contributed by atoms with Gasteiger partial charge in [0, 0.05) is 24.5 Å². The average Bonchev–Trinajstić information content (AvgIpc) is 3.12. The lowest BCUT2D eigenvalue weighted by Gasteiger charge is -2.37. The van der Waals surface area contributed by atoms with E-state index in [4.69, 9.17) is 0 Å². The van der Waals surface area contributed by atoms with Gasteiger partial charge in [0.1, 0.15) is 0 Å². The van der Waals surface area contributed by atoms with E-state index in [2.05, 4.69) is 41.0 Å². The molecule has 1 saturated heterocycles. The first-order valence-electron chi connectivity index (χ1n) is 8.36. The third-order valence-corrected chi connectivity index (χ3v) is 5.85. The molecule has 4 rings (SSSR count). The molecule has 1 aliphatic heterocycles. The Morgan fingerprint density at radius 2 is 1.85 bits per heavy atom. The van der Waals surface area contributed by atoms with Crippen LogP contribution in [-0.2, 0) is 0 Å². The van der Waals surface area contributed by atoms with Crippen molar-refractivity contribution in [2.24, 2.45) is 5.41 Å². The van der Waals surface area contributed by atoms with Gasteiger partial charge in [-0.05, 0) is 56.0 Å². The highest BCUT2D eigenvalue weighted by Crippen LogP contribution is 2.44. The Bertz CT molecular complexity index is 440. The Morgan fingerprint density at radius 3 is 2.55 bits per heavy atom. The monoisotopic (exact) mass is 270 g/mol. The van der Waals surface area contributed by atoms with Crippen LogP contribution in [0.4, 0.5) is 0 Å². The zero-order valence-corrected chi connectivity index (χ0v) is 12.3. The molecule has 1 heterocycles. The molecule has 3 aliphatic rings. The fourth-order valence-electron chi connectivity index (χ4n) is 4.37. The van der Waals surface area contributed by atoms with Gasteiger partial charge < -0.3 is 10.6 Å². The molecule has 2 aliphatic carbocycles. The minimum atomic E-state index is 0.667. The fraction of sp³-hybridized carbons (Fsp3) is 0.667. The van der Waals surface area contributed by atoms with Crippen molar-refractivity contribution in [2.45, 2.75) is 56.5 Å². The summed E-state index contributed by atoms with van der Waals surface area (Å²) in [5.74, 6) is 0.778. The second-order valence-corrected chi connectivity index (χ2v) is 7.23. The molecule has 1 aromatic carbocycles. The van der Waals surface area contributed by atoms with Crippen LogP contribution in [0, 0.1) is 5.41 Å². The minimum Gasteiger partial charge on any atom is -0.316 e. The average molecular weight is 270 g/mol. The van der Waals surface area contributed by atoms with E-state index in [-0.39, 0.29) is 0 Å². The summed E-state index contributed by atoms with van der Waals surface area (Å²) in [6.45, 7) is 2.52. The highest BCUT2D eigenvalue weighted by molar-refractivity contribution is 5.27. The lowest BCUT2D eigenvalue weighted by Crippen LogP contribution is -2.39. The summed E-state index contributed by atoms with van der Waals surface area (Å²) in [7, 11) is 0. The number of nitrogens with one attached hydrogen (secondary N) is 2. The van der Waals surface area contributed by atoms with E-state index in [1.165, 1.54) is 57.2 Å². The number of hydrogen-bond acceptors (Lipinski definition) is 2. The lowest BCUT2D eigenvalue weighted by atomic mass is 9.72. The Morgan fingerprint density at radius 1 is 1.05 bits per heavy atom. The van der Waals surface area contributed by atoms with Crippen molar-refractivity contribution in [3.8, 4) is 0 Å². The molecule has 1 aromatic rings. The maximum Gasteiger partial charge on any atom is 0.0145 e. The first-order chi connectivity index (χ1) is 9.85. The van der Waals surface area contributed by atoms with Gasteiger partial charge in [-0.1, -0.05) is 30.3 Å². The van der Waals surface area contributed by atoms with Crippen molar-refractivity contribution in [2.75, 3.05) is 13.1 Å². The van der Waals surface area contributed by atoms with Crippen LogP contribution in [0.1, 0.15) is 50.0 Å². The zero-order valence-electron chi connectivity index (χ0n) is 12.3. The standard InChI is InChI=1S/C18H26N2/c1-2-4-14(5-3-1)16-12-17(16)20-15-6-8-18(9-7-15)10-11-19-13-18/h1-5,15-17,19-20H,6-13H2/t15?,16-,17+,18?/m0/s1. The summed E-state index contributed by atoms with van der Waals surface area (Å²) >= 11 is 0. The van der Waals surface area contributed by atoms with E-state index >= 15 is 0 Å². The van der Waals surface area contributed by atoms with Gasteiger partial charge in [0.15, 0.2) is 0 Å². The van der Waals surface area contributed by atoms with Gasteiger partial charge in [0.25, 0.3) is 0 Å². The van der Waals surface area contributed by atoms with Gasteiger partial charge in [-0.2, -0.15) is 0 Å². The SMILES string of the molecule is c1ccc([C@@H]2C[C@H]2NC2CCC3(CCNC3)CC2)cc1. The van der Waals surface area contributed by atoms with Crippen LogP contribution in [0.5, 0.6) is 0 Å². The van der Waals surface area contributed by atoms with Crippen LogP contribution in [0.25, 0.3) is 0 Å². The van der Waals surface area contributed by atoms with E-state index in [1.807, 2.05) is 0 Å². The van der Waals surface area contributed by atoms with Crippen molar-refractivity contribution in [3.05, 3.63) is 35.9 Å². The quantitative estimate of drug-likeness (QED) is 0.882. The molecule has 20 heavy (non-hydrogen) atoms. The first kappa shape index (κ1) is 12.8. The van der Waals surface area contributed by atoms with Gasteiger partial charge in [0.05, 0.1) is 0 Å². The summed E-state index contributed by atoms with van der Waals surface area (Å²) in [5, 5.41) is 7.49. The summed E-state index contributed by atoms with van der Waals surface area (Å²) in [4.78, 5) is 0. The van der Waals surface area contributed by atoms with Gasteiger partial charge >= 0.3 is 0 Å². The molecule has 0 unspecified atom stereocenters. The third kappa shape index (κ3) is 2.51. The Hall–Kier alpha value is -0.860. The normalized spacial score (nSPS) is 40.1. The predicted molar refractivity (Wildman–Crippen MR) is 82.9 cm³/mol. The molecule has 0 radical (unpaired) electrons. The Labute approximate surface area is 122 Å². The fourth-order valence-corrected chi connectivity index (χ4v) is 4.37. The van der Waals surface area contributed by atoms with Crippen LogP contribution in [0.3, 0.4) is 0 Å². The molecular formula is C18H26N2. The molecule has 0 bridgehead atoms. The molecular weight excluding hydrogens is 244 g/mol. The molecule has 108 valence electrons. The maximum atomic E-state index is 3.93. The lowest BCUT2D eigenvalue weighted by molar-refractivity contribution is 0.183. The topological polar surface area (TPSA) is 24.1 Å². The third-order valence-electron chi connectivity index (χ3n) is 5.85. The van der Waals surface area contributed by atoms with Crippen LogP contribution < -0.4 is 10.6 Å². The molecule has 2 saturated carbocycles. The van der Waals surface area contributed by atoms with E-state index in [9.17, 15) is 0 Å². The Balaban J connectivity index is 1.28. The largest absolute Gasteiger partial charge is 0.316 e. The van der Waals surface area contributed by atoms with Gasteiger partial charge in [0.2, 0.25) is 0 Å². The van der Waals surface area contributed by atoms with Crippen molar-refractivity contribution >= 4 is 0 Å². The van der Waals surface area contributed by atoms with E-state index in [0.717, 1.165) is 18.0 Å². The van der Waals surface area contributed by atoms with Crippen LogP contribution >= 0.6 is 0 Å². The number of rotatable bonds is 3. The summed E-state index contributed by atoms with van der Waals surface area (Å²) < 4.78 is 0. The predicted octanol–water partition coefficient (Wildman–Crippen LogP) is 3.05. The molecule has 2 heteroatoms. The van der Waals surface area contributed by atoms with Gasteiger partial charge in [-0.25, -0.2) is 0 Å². The maximum absolute atomic E-state index is 3.93. The molecule has 1 spiro atoms. The smallest absolute Gasteiger partial charge is 0.0145 e. The summed E-state index contributed by atoms with van der Waals surface area (Å²) in [5.41, 5.74) is 2.19. The highest BCUT2D eigenvalue weighted by atomic mass is 15.0. The molecule has 0 amide bonds. The number of hydrogen-bond donors (Lipinski definition) is 2. The molecule has 0 aromatic heterocycles. The van der Waals surface area contributed by atoms with Crippen molar-refractivity contribution in [1.29, 1.82) is 0 Å². The highest BCUT2D eigenvalue weighted by Gasteiger charge is 2.42. The first-order valence-corrected chi connectivity index (χ1v) is 8.36. The number of benzene rings is 1. The van der Waals surface area contributed by atoms with Crippen molar-refractivity contribution < 1.29 is 0 Å². The second-order valence-electron chi connectivity index (χ2n) is 7.23. The zero-order chi connectivity index (χ0) is 13.4. The molecule has 3 fully saturated rings. The molecule has 2 atom stereocenters. The van der Waals surface area contributed by atoms with E-state index < -0.39 is 0 Å². The minimum absolute atomic E-state index is 0.667. The van der Waals surface area contributed by atoms with Crippen LogP contribution in [0.15, 0.2) is 30.3 Å². The summed E-state index contributed by atoms with van der Waals surface area (Å²) in [6, 6.07) is 12.5. The summed E-state index contributed by atoms with van der Waals surface area (Å²) in [6.07, 6.45) is 8.39. The van der Waals surface area contributed by atoms with Gasteiger partial charge in [-0.3, -0.25) is 0 Å². The Kier molecular flexibility index (Phi) is 3.31. The van der Waals surface area contributed by atoms with Gasteiger partial charge in [-0.15, -0.1) is 0 Å². The van der Waals surface area contributed by atoms with Crippen LogP contribution in [-0.4, -0.2) is 25.2 Å². The molecule has 2 nitrogen and oxygen atoms in total. The van der Waals surface area contributed by atoms with Crippen molar-refractivity contribution in [3.63, 3.8) is 0 Å². The van der Waals surface area contributed by atoms with Crippen molar-refractivity contribution in [1.82, 2.24) is 10.6 Å². The van der Waals surface area contributed by atoms with E-state index in [0.29, 0.717) is 5.41 Å².